The first-order chi connectivity index (χ1) is 11.4. The summed E-state index contributed by atoms with van der Waals surface area (Å²) in [6.07, 6.45) is 1.51. The Labute approximate surface area is 152 Å². The third-order valence-corrected chi connectivity index (χ3v) is 5.33. The molecular formula is C16H13IO6S. The van der Waals surface area contributed by atoms with E-state index in [0.717, 1.165) is 0 Å². The minimum Gasteiger partial charge on any atom is -0.496 e. The summed E-state index contributed by atoms with van der Waals surface area (Å²) in [7, 11) is -1.06. The van der Waals surface area contributed by atoms with Crippen molar-refractivity contribution in [3.63, 3.8) is 0 Å². The van der Waals surface area contributed by atoms with Gasteiger partial charge in [0.25, 0.3) is 0 Å². The Bertz CT molecular complexity index is 971. The van der Waals surface area contributed by atoms with E-state index in [9.17, 15) is 8.42 Å². The molecule has 0 radical (unpaired) electrons. The minimum absolute atomic E-state index is 0.0441. The molecule has 0 unspecified atom stereocenters. The number of halogens is 1. The summed E-state index contributed by atoms with van der Waals surface area (Å²) in [5.74, 6) is 0.965. The SMILES string of the molecule is COc1cc(OC)cc(OS(=O)(=O)c2cc(I)c3occc3c2)c1. The number of hydrogen-bond donors (Lipinski definition) is 0. The van der Waals surface area contributed by atoms with Crippen molar-refractivity contribution in [3.05, 3.63) is 46.2 Å². The Morgan fingerprint density at radius 2 is 1.58 bits per heavy atom. The van der Waals surface area contributed by atoms with E-state index in [-0.39, 0.29) is 10.6 Å². The Hall–Kier alpha value is -1.94. The minimum atomic E-state index is -4.01. The Morgan fingerprint density at radius 3 is 2.21 bits per heavy atom. The zero-order valence-corrected chi connectivity index (χ0v) is 15.8. The second-order valence-corrected chi connectivity index (χ2v) is 7.54. The number of ether oxygens (including phenoxy) is 2. The molecule has 3 aromatic rings. The van der Waals surface area contributed by atoms with Crippen LogP contribution in [0.25, 0.3) is 11.0 Å². The summed E-state index contributed by atoms with van der Waals surface area (Å²) in [6, 6.07) is 9.28. The molecule has 2 aromatic carbocycles. The predicted octanol–water partition coefficient (Wildman–Crippen LogP) is 3.82. The van der Waals surface area contributed by atoms with E-state index in [1.165, 1.54) is 44.7 Å². The van der Waals surface area contributed by atoms with Gasteiger partial charge in [-0.1, -0.05) is 0 Å². The van der Waals surface area contributed by atoms with Crippen LogP contribution in [-0.2, 0) is 10.1 Å². The quantitative estimate of drug-likeness (QED) is 0.426. The van der Waals surface area contributed by atoms with Gasteiger partial charge in [-0.3, -0.25) is 0 Å². The zero-order chi connectivity index (χ0) is 17.3. The summed E-state index contributed by atoms with van der Waals surface area (Å²) < 4.78 is 46.6. The highest BCUT2D eigenvalue weighted by molar-refractivity contribution is 14.1. The van der Waals surface area contributed by atoms with Crippen LogP contribution in [0.15, 0.2) is 52.0 Å². The fraction of sp³-hybridized carbons (Fsp3) is 0.125. The van der Waals surface area contributed by atoms with Crippen molar-refractivity contribution in [1.82, 2.24) is 0 Å². The smallest absolute Gasteiger partial charge is 0.339 e. The fourth-order valence-electron chi connectivity index (χ4n) is 2.16. The Balaban J connectivity index is 2.01. The molecule has 0 fully saturated rings. The maximum absolute atomic E-state index is 12.6. The standard InChI is InChI=1S/C16H13IO6S/c1-20-11-6-12(21-2)8-13(7-11)23-24(18,19)14-5-10-3-4-22-16(10)15(17)9-14/h3-9H,1-2H3. The van der Waals surface area contributed by atoms with E-state index in [1.807, 2.05) is 22.6 Å². The van der Waals surface area contributed by atoms with Crippen LogP contribution in [0.3, 0.4) is 0 Å². The van der Waals surface area contributed by atoms with Crippen molar-refractivity contribution in [3.8, 4) is 17.2 Å². The Kier molecular flexibility index (Phi) is 4.59. The van der Waals surface area contributed by atoms with Crippen LogP contribution in [0.2, 0.25) is 0 Å². The zero-order valence-electron chi connectivity index (χ0n) is 12.8. The van der Waals surface area contributed by atoms with Gasteiger partial charge in [0, 0.05) is 23.6 Å². The van der Waals surface area contributed by atoms with Gasteiger partial charge >= 0.3 is 10.1 Å². The molecule has 6 nitrogen and oxygen atoms in total. The summed E-state index contributed by atoms with van der Waals surface area (Å²) in [5.41, 5.74) is 0.637. The molecule has 0 aliphatic rings. The van der Waals surface area contributed by atoms with Gasteiger partial charge < -0.3 is 18.1 Å². The van der Waals surface area contributed by atoms with Gasteiger partial charge in [-0.2, -0.15) is 8.42 Å². The number of rotatable bonds is 5. The molecule has 8 heteroatoms. The molecule has 3 rings (SSSR count). The lowest BCUT2D eigenvalue weighted by Gasteiger charge is -2.11. The molecule has 24 heavy (non-hydrogen) atoms. The maximum atomic E-state index is 12.6. The lowest BCUT2D eigenvalue weighted by atomic mass is 10.3. The molecule has 0 amide bonds. The molecule has 0 atom stereocenters. The van der Waals surface area contributed by atoms with Crippen LogP contribution in [0.1, 0.15) is 0 Å². The van der Waals surface area contributed by atoms with Crippen LogP contribution < -0.4 is 13.7 Å². The molecule has 0 bridgehead atoms. The number of methoxy groups -OCH3 is 2. The van der Waals surface area contributed by atoms with Gasteiger partial charge in [0.2, 0.25) is 0 Å². The second-order valence-electron chi connectivity index (χ2n) is 4.83. The van der Waals surface area contributed by atoms with Gasteiger partial charge in [0.05, 0.1) is 24.1 Å². The highest BCUT2D eigenvalue weighted by Crippen LogP contribution is 2.31. The highest BCUT2D eigenvalue weighted by Gasteiger charge is 2.20. The highest BCUT2D eigenvalue weighted by atomic mass is 127. The average molecular weight is 460 g/mol. The van der Waals surface area contributed by atoms with Crippen LogP contribution >= 0.6 is 22.6 Å². The number of hydrogen-bond acceptors (Lipinski definition) is 6. The first-order valence-corrected chi connectivity index (χ1v) is 9.26. The largest absolute Gasteiger partial charge is 0.496 e. The lowest BCUT2D eigenvalue weighted by Crippen LogP contribution is -2.10. The van der Waals surface area contributed by atoms with Crippen LogP contribution in [-0.4, -0.2) is 22.6 Å². The second kappa shape index (κ2) is 6.52. The number of benzene rings is 2. The van der Waals surface area contributed by atoms with Gasteiger partial charge in [-0.25, -0.2) is 0 Å². The molecule has 0 spiro atoms. The Morgan fingerprint density at radius 1 is 0.958 bits per heavy atom. The number of fused-ring (bicyclic) bond motifs is 1. The summed E-state index contributed by atoms with van der Waals surface area (Å²) >= 11 is 2.02. The van der Waals surface area contributed by atoms with E-state index in [0.29, 0.717) is 26.0 Å². The van der Waals surface area contributed by atoms with E-state index >= 15 is 0 Å². The summed E-state index contributed by atoms with van der Waals surface area (Å²) in [6.45, 7) is 0. The lowest BCUT2D eigenvalue weighted by molar-refractivity contribution is 0.390. The first kappa shape index (κ1) is 16.9. The number of furan rings is 1. The average Bonchev–Trinajstić information content (AvgIpc) is 3.03. The normalized spacial score (nSPS) is 11.5. The van der Waals surface area contributed by atoms with Gasteiger partial charge in [-0.15, -0.1) is 0 Å². The van der Waals surface area contributed by atoms with Gasteiger partial charge in [-0.05, 0) is 40.8 Å². The predicted molar refractivity (Wildman–Crippen MR) is 96.3 cm³/mol. The van der Waals surface area contributed by atoms with E-state index in [1.54, 1.807) is 12.1 Å². The van der Waals surface area contributed by atoms with Crippen molar-refractivity contribution in [2.24, 2.45) is 0 Å². The molecule has 1 heterocycles. The molecule has 0 aliphatic carbocycles. The van der Waals surface area contributed by atoms with Crippen LogP contribution in [0, 0.1) is 3.57 Å². The topological polar surface area (TPSA) is 75.0 Å². The van der Waals surface area contributed by atoms with Crippen molar-refractivity contribution < 1.29 is 26.5 Å². The molecule has 126 valence electrons. The summed E-state index contributed by atoms with van der Waals surface area (Å²) in [5, 5.41) is 0.687. The van der Waals surface area contributed by atoms with Crippen molar-refractivity contribution in [2.75, 3.05) is 14.2 Å². The maximum Gasteiger partial charge on any atom is 0.339 e. The molecule has 0 saturated heterocycles. The van der Waals surface area contributed by atoms with Gasteiger partial charge in [0.1, 0.15) is 27.7 Å². The molecular weight excluding hydrogens is 447 g/mol. The molecule has 0 N–H and O–H groups in total. The van der Waals surface area contributed by atoms with Crippen molar-refractivity contribution in [2.45, 2.75) is 4.90 Å². The summed E-state index contributed by atoms with van der Waals surface area (Å²) in [4.78, 5) is 0.0441. The third-order valence-electron chi connectivity index (χ3n) is 3.30. The molecule has 1 aromatic heterocycles. The fourth-order valence-corrected chi connectivity index (χ4v) is 4.13. The molecule has 0 saturated carbocycles. The van der Waals surface area contributed by atoms with Crippen LogP contribution in [0.4, 0.5) is 0 Å². The molecule has 0 aliphatic heterocycles. The van der Waals surface area contributed by atoms with E-state index < -0.39 is 10.1 Å². The van der Waals surface area contributed by atoms with Crippen LogP contribution in [0.5, 0.6) is 17.2 Å². The van der Waals surface area contributed by atoms with Crippen molar-refractivity contribution in [1.29, 1.82) is 0 Å². The van der Waals surface area contributed by atoms with Gasteiger partial charge in [0.15, 0.2) is 0 Å². The van der Waals surface area contributed by atoms with E-state index in [2.05, 4.69) is 0 Å². The van der Waals surface area contributed by atoms with Crippen molar-refractivity contribution >= 4 is 43.7 Å². The monoisotopic (exact) mass is 460 g/mol. The third kappa shape index (κ3) is 3.29. The van der Waals surface area contributed by atoms with E-state index in [4.69, 9.17) is 18.1 Å². The first-order valence-electron chi connectivity index (χ1n) is 6.77.